The van der Waals surface area contributed by atoms with E-state index in [-0.39, 0.29) is 0 Å². The normalized spacial score (nSPS) is 15.5. The van der Waals surface area contributed by atoms with Gasteiger partial charge in [0.1, 0.15) is 12.4 Å². The molecule has 1 heterocycles. The number of nitrogens with one attached hydrogen (secondary N) is 1. The average Bonchev–Trinajstić information content (AvgIpc) is 3.06. The zero-order valence-corrected chi connectivity index (χ0v) is 11.6. The predicted molar refractivity (Wildman–Crippen MR) is 72.3 cm³/mol. The minimum atomic E-state index is 0.604. The summed E-state index contributed by atoms with van der Waals surface area (Å²) in [5.74, 6) is 1.74. The standard InChI is InChI=1S/C15H25NO2/c1-12(2)4-3-8-17-11-15-13(7-9-18-15)10-16-14-5-6-14/h7,9,12,14,16H,3-6,8,10-11H2,1-2H3. The molecule has 0 atom stereocenters. The molecule has 1 aromatic heterocycles. The number of ether oxygens (including phenoxy) is 1. The SMILES string of the molecule is CC(C)CCCOCc1occc1CNC1CC1. The van der Waals surface area contributed by atoms with Crippen LogP contribution in [0.4, 0.5) is 0 Å². The van der Waals surface area contributed by atoms with Crippen molar-refractivity contribution in [1.29, 1.82) is 0 Å². The van der Waals surface area contributed by atoms with Crippen LogP contribution in [0.3, 0.4) is 0 Å². The summed E-state index contributed by atoms with van der Waals surface area (Å²) in [6.45, 7) is 6.83. The second-order valence-corrected chi connectivity index (χ2v) is 5.61. The lowest BCUT2D eigenvalue weighted by Gasteiger charge is -2.07. The molecule has 0 spiro atoms. The van der Waals surface area contributed by atoms with Crippen LogP contribution in [0.25, 0.3) is 0 Å². The molecule has 1 fully saturated rings. The maximum Gasteiger partial charge on any atom is 0.133 e. The first-order chi connectivity index (χ1) is 8.75. The first-order valence-electron chi connectivity index (χ1n) is 7.12. The largest absolute Gasteiger partial charge is 0.467 e. The maximum absolute atomic E-state index is 5.67. The number of hydrogen-bond donors (Lipinski definition) is 1. The van der Waals surface area contributed by atoms with Crippen molar-refractivity contribution in [2.24, 2.45) is 5.92 Å². The summed E-state index contributed by atoms with van der Waals surface area (Å²) in [4.78, 5) is 0. The summed E-state index contributed by atoms with van der Waals surface area (Å²) in [6, 6.07) is 2.78. The Morgan fingerprint density at radius 2 is 2.28 bits per heavy atom. The van der Waals surface area contributed by atoms with Gasteiger partial charge in [0.2, 0.25) is 0 Å². The van der Waals surface area contributed by atoms with Crippen molar-refractivity contribution in [1.82, 2.24) is 5.32 Å². The molecule has 18 heavy (non-hydrogen) atoms. The van der Waals surface area contributed by atoms with Gasteiger partial charge < -0.3 is 14.5 Å². The van der Waals surface area contributed by atoms with E-state index in [0.29, 0.717) is 6.61 Å². The molecule has 0 aliphatic heterocycles. The third-order valence-electron chi connectivity index (χ3n) is 3.30. The van der Waals surface area contributed by atoms with E-state index in [1.54, 1.807) is 6.26 Å². The van der Waals surface area contributed by atoms with Crippen LogP contribution in [0.1, 0.15) is 50.9 Å². The zero-order valence-electron chi connectivity index (χ0n) is 11.6. The van der Waals surface area contributed by atoms with E-state index < -0.39 is 0 Å². The third kappa shape index (κ3) is 4.83. The highest BCUT2D eigenvalue weighted by atomic mass is 16.5. The predicted octanol–water partition coefficient (Wildman–Crippen LogP) is 3.48. The van der Waals surface area contributed by atoms with Crippen LogP contribution >= 0.6 is 0 Å². The summed E-state index contributed by atoms with van der Waals surface area (Å²) < 4.78 is 11.2. The van der Waals surface area contributed by atoms with E-state index >= 15 is 0 Å². The van der Waals surface area contributed by atoms with Crippen molar-refractivity contribution in [3.63, 3.8) is 0 Å². The van der Waals surface area contributed by atoms with Crippen molar-refractivity contribution < 1.29 is 9.15 Å². The van der Waals surface area contributed by atoms with Gasteiger partial charge in [0.25, 0.3) is 0 Å². The zero-order chi connectivity index (χ0) is 12.8. The molecule has 1 aromatic rings. The number of furan rings is 1. The summed E-state index contributed by atoms with van der Waals surface area (Å²) in [5.41, 5.74) is 1.24. The van der Waals surface area contributed by atoms with Crippen LogP contribution in [0.15, 0.2) is 16.7 Å². The molecular weight excluding hydrogens is 226 g/mol. The number of rotatable bonds is 9. The lowest BCUT2D eigenvalue weighted by Crippen LogP contribution is -2.15. The summed E-state index contributed by atoms with van der Waals surface area (Å²) in [6.07, 6.45) is 6.76. The van der Waals surface area contributed by atoms with E-state index in [9.17, 15) is 0 Å². The Morgan fingerprint density at radius 1 is 1.44 bits per heavy atom. The van der Waals surface area contributed by atoms with Gasteiger partial charge in [-0.3, -0.25) is 0 Å². The Labute approximate surface area is 110 Å². The van der Waals surface area contributed by atoms with Gasteiger partial charge in [-0.05, 0) is 37.7 Å². The molecule has 1 saturated carbocycles. The van der Waals surface area contributed by atoms with E-state index in [2.05, 4.69) is 19.2 Å². The molecule has 0 saturated heterocycles. The number of hydrogen-bond acceptors (Lipinski definition) is 3. The van der Waals surface area contributed by atoms with Gasteiger partial charge in [-0.25, -0.2) is 0 Å². The van der Waals surface area contributed by atoms with Crippen LogP contribution in [0.5, 0.6) is 0 Å². The second kappa shape index (κ2) is 6.95. The molecule has 0 amide bonds. The van der Waals surface area contributed by atoms with E-state index in [1.165, 1.54) is 24.8 Å². The summed E-state index contributed by atoms with van der Waals surface area (Å²) in [5, 5.41) is 3.50. The Kier molecular flexibility index (Phi) is 5.26. The molecule has 1 aliphatic rings. The maximum atomic E-state index is 5.67. The molecule has 0 aromatic carbocycles. The summed E-state index contributed by atoms with van der Waals surface area (Å²) in [7, 11) is 0. The molecule has 3 nitrogen and oxygen atoms in total. The van der Waals surface area contributed by atoms with Crippen LogP contribution in [-0.2, 0) is 17.9 Å². The molecule has 2 rings (SSSR count). The Balaban J connectivity index is 1.63. The smallest absolute Gasteiger partial charge is 0.133 e. The van der Waals surface area contributed by atoms with Crippen molar-refractivity contribution >= 4 is 0 Å². The average molecular weight is 251 g/mol. The van der Waals surface area contributed by atoms with E-state index in [4.69, 9.17) is 9.15 Å². The third-order valence-corrected chi connectivity index (χ3v) is 3.30. The van der Waals surface area contributed by atoms with Crippen LogP contribution in [-0.4, -0.2) is 12.6 Å². The van der Waals surface area contributed by atoms with E-state index in [0.717, 1.165) is 37.3 Å². The molecule has 3 heteroatoms. The molecule has 0 radical (unpaired) electrons. The van der Waals surface area contributed by atoms with Gasteiger partial charge >= 0.3 is 0 Å². The van der Waals surface area contributed by atoms with Crippen molar-refractivity contribution in [2.45, 2.75) is 58.7 Å². The van der Waals surface area contributed by atoms with Gasteiger partial charge in [-0.2, -0.15) is 0 Å². The fourth-order valence-electron chi connectivity index (χ4n) is 1.95. The highest BCUT2D eigenvalue weighted by Gasteiger charge is 2.20. The highest BCUT2D eigenvalue weighted by Crippen LogP contribution is 2.20. The van der Waals surface area contributed by atoms with Crippen molar-refractivity contribution in [2.75, 3.05) is 6.61 Å². The Hall–Kier alpha value is -0.800. The second-order valence-electron chi connectivity index (χ2n) is 5.61. The van der Waals surface area contributed by atoms with Crippen molar-refractivity contribution in [3.8, 4) is 0 Å². The molecule has 0 unspecified atom stereocenters. The highest BCUT2D eigenvalue weighted by molar-refractivity contribution is 5.16. The summed E-state index contributed by atoms with van der Waals surface area (Å²) >= 11 is 0. The van der Waals surface area contributed by atoms with Gasteiger partial charge in [0.15, 0.2) is 0 Å². The van der Waals surface area contributed by atoms with Gasteiger partial charge in [-0.1, -0.05) is 13.8 Å². The molecule has 1 N–H and O–H groups in total. The van der Waals surface area contributed by atoms with Crippen LogP contribution in [0, 0.1) is 5.92 Å². The molecule has 0 bridgehead atoms. The Morgan fingerprint density at radius 3 is 3.00 bits per heavy atom. The topological polar surface area (TPSA) is 34.4 Å². The molecular formula is C15H25NO2. The quantitative estimate of drug-likeness (QED) is 0.682. The van der Waals surface area contributed by atoms with Crippen LogP contribution < -0.4 is 5.32 Å². The van der Waals surface area contributed by atoms with E-state index in [1.807, 2.05) is 6.07 Å². The Bertz CT molecular complexity index is 342. The minimum absolute atomic E-state index is 0.604. The molecule has 102 valence electrons. The first kappa shape index (κ1) is 13.6. The van der Waals surface area contributed by atoms with Gasteiger partial charge in [0, 0.05) is 24.8 Å². The lowest BCUT2D eigenvalue weighted by molar-refractivity contribution is 0.0999. The van der Waals surface area contributed by atoms with Gasteiger partial charge in [-0.15, -0.1) is 0 Å². The van der Waals surface area contributed by atoms with Crippen molar-refractivity contribution in [3.05, 3.63) is 23.7 Å². The monoisotopic (exact) mass is 251 g/mol. The first-order valence-corrected chi connectivity index (χ1v) is 7.12. The lowest BCUT2D eigenvalue weighted by atomic mass is 10.1. The van der Waals surface area contributed by atoms with Gasteiger partial charge in [0.05, 0.1) is 6.26 Å². The fraction of sp³-hybridized carbons (Fsp3) is 0.733. The minimum Gasteiger partial charge on any atom is -0.467 e. The fourth-order valence-corrected chi connectivity index (χ4v) is 1.95. The van der Waals surface area contributed by atoms with Crippen LogP contribution in [0.2, 0.25) is 0 Å². The molecule has 1 aliphatic carbocycles.